The smallest absolute Gasteiger partial charge is 0.287 e. The third-order valence-electron chi connectivity index (χ3n) is 4.08. The molecule has 0 fully saturated rings. The van der Waals surface area contributed by atoms with Gasteiger partial charge in [0.05, 0.1) is 13.2 Å². The van der Waals surface area contributed by atoms with Crippen LogP contribution in [0, 0.1) is 6.92 Å². The fraction of sp³-hybridized carbons (Fsp3) is 0.333. The molecule has 1 aromatic carbocycles. The van der Waals surface area contributed by atoms with Gasteiger partial charge in [-0.1, -0.05) is 6.07 Å². The Kier molecular flexibility index (Phi) is 4.19. The van der Waals surface area contributed by atoms with E-state index in [0.29, 0.717) is 5.76 Å². The number of hydrogen-bond donors (Lipinski definition) is 1. The first-order valence-electron chi connectivity index (χ1n) is 7.66. The molecule has 23 heavy (non-hydrogen) atoms. The van der Waals surface area contributed by atoms with Crippen molar-refractivity contribution >= 4 is 5.91 Å². The minimum absolute atomic E-state index is 0.0515. The first-order valence-corrected chi connectivity index (χ1v) is 7.66. The molecule has 0 radical (unpaired) electrons. The normalized spacial score (nSPS) is 16.5. The van der Waals surface area contributed by atoms with Gasteiger partial charge in [0.1, 0.15) is 11.5 Å². The summed E-state index contributed by atoms with van der Waals surface area (Å²) in [6.45, 7) is 1.65. The molecular formula is C18H19NO4. The molecule has 2 aromatic rings. The molecule has 0 saturated heterocycles. The van der Waals surface area contributed by atoms with Gasteiger partial charge in [0.15, 0.2) is 11.2 Å². The molecule has 1 aliphatic carbocycles. The maximum Gasteiger partial charge on any atom is 0.287 e. The van der Waals surface area contributed by atoms with Crippen LogP contribution in [0.15, 0.2) is 39.5 Å². The topological polar surface area (TPSA) is 68.5 Å². The number of carbonyl (C=O) groups excluding carboxylic acids is 1. The molecule has 0 unspecified atom stereocenters. The van der Waals surface area contributed by atoms with E-state index in [1.165, 1.54) is 17.7 Å². The molecule has 1 atom stereocenters. The number of methoxy groups -OCH3 is 1. The number of hydrogen-bond acceptors (Lipinski definition) is 4. The number of fused-ring (bicyclic) bond motifs is 1. The van der Waals surface area contributed by atoms with E-state index < -0.39 is 0 Å². The number of benzene rings is 1. The second-order valence-electron chi connectivity index (χ2n) is 5.75. The van der Waals surface area contributed by atoms with Crippen molar-refractivity contribution in [2.45, 2.75) is 32.2 Å². The second kappa shape index (κ2) is 6.28. The third-order valence-corrected chi connectivity index (χ3v) is 4.08. The Labute approximate surface area is 134 Å². The fourth-order valence-electron chi connectivity index (χ4n) is 3.01. The zero-order valence-electron chi connectivity index (χ0n) is 13.2. The Morgan fingerprint density at radius 1 is 1.30 bits per heavy atom. The molecule has 1 amide bonds. The predicted octanol–water partition coefficient (Wildman–Crippen LogP) is 2.76. The lowest BCUT2D eigenvalue weighted by molar-refractivity contribution is 0.0900. The maximum absolute atomic E-state index is 12.4. The van der Waals surface area contributed by atoms with Gasteiger partial charge in [-0.05, 0) is 49.4 Å². The Hall–Kier alpha value is -2.56. The summed E-state index contributed by atoms with van der Waals surface area (Å²) in [5.74, 6) is 0.937. The largest absolute Gasteiger partial charge is 0.497 e. The van der Waals surface area contributed by atoms with E-state index in [9.17, 15) is 9.59 Å². The van der Waals surface area contributed by atoms with Gasteiger partial charge in [-0.2, -0.15) is 0 Å². The lowest BCUT2D eigenvalue weighted by Gasteiger charge is -2.26. The lowest BCUT2D eigenvalue weighted by Crippen LogP contribution is -2.31. The molecule has 120 valence electrons. The number of carbonyl (C=O) groups is 1. The van der Waals surface area contributed by atoms with Crippen LogP contribution in [-0.4, -0.2) is 13.0 Å². The zero-order chi connectivity index (χ0) is 16.4. The number of ether oxygens (including phenoxy) is 1. The van der Waals surface area contributed by atoms with Crippen molar-refractivity contribution in [3.05, 3.63) is 63.2 Å². The molecule has 0 spiro atoms. The number of aryl methyl sites for hydroxylation is 2. The van der Waals surface area contributed by atoms with Crippen LogP contribution in [0.3, 0.4) is 0 Å². The molecule has 0 aliphatic heterocycles. The van der Waals surface area contributed by atoms with Crippen molar-refractivity contribution in [2.75, 3.05) is 7.11 Å². The number of amides is 1. The molecule has 1 N–H and O–H groups in total. The van der Waals surface area contributed by atoms with Crippen LogP contribution in [-0.2, 0) is 6.42 Å². The van der Waals surface area contributed by atoms with Gasteiger partial charge < -0.3 is 14.5 Å². The van der Waals surface area contributed by atoms with Gasteiger partial charge in [-0.15, -0.1) is 0 Å². The molecular weight excluding hydrogens is 294 g/mol. The van der Waals surface area contributed by atoms with E-state index in [-0.39, 0.29) is 23.1 Å². The molecule has 5 heteroatoms. The van der Waals surface area contributed by atoms with Crippen molar-refractivity contribution in [3.8, 4) is 5.75 Å². The van der Waals surface area contributed by atoms with Crippen molar-refractivity contribution in [1.29, 1.82) is 0 Å². The summed E-state index contributed by atoms with van der Waals surface area (Å²) in [5, 5.41) is 2.97. The van der Waals surface area contributed by atoms with E-state index in [1.807, 2.05) is 18.2 Å². The van der Waals surface area contributed by atoms with Crippen molar-refractivity contribution < 1.29 is 13.9 Å². The molecule has 0 bridgehead atoms. The SMILES string of the molecule is COc1ccc2c(c1)CCC[C@@H]2NC(=O)c1cc(=O)cc(C)o1. The molecule has 0 saturated carbocycles. The predicted molar refractivity (Wildman–Crippen MR) is 85.9 cm³/mol. The summed E-state index contributed by atoms with van der Waals surface area (Å²) >= 11 is 0. The van der Waals surface area contributed by atoms with Crippen LogP contribution in [0.4, 0.5) is 0 Å². The highest BCUT2D eigenvalue weighted by atomic mass is 16.5. The van der Waals surface area contributed by atoms with E-state index >= 15 is 0 Å². The molecule has 1 aromatic heterocycles. The van der Waals surface area contributed by atoms with Gasteiger partial charge in [0.2, 0.25) is 0 Å². The third kappa shape index (κ3) is 3.28. The van der Waals surface area contributed by atoms with Crippen LogP contribution in [0.2, 0.25) is 0 Å². The zero-order valence-corrected chi connectivity index (χ0v) is 13.2. The molecule has 3 rings (SSSR count). The van der Waals surface area contributed by atoms with Gasteiger partial charge in [0.25, 0.3) is 5.91 Å². The van der Waals surface area contributed by atoms with Crippen LogP contribution in [0.5, 0.6) is 5.75 Å². The van der Waals surface area contributed by atoms with E-state index in [2.05, 4.69) is 5.32 Å². The molecule has 1 aliphatic rings. The van der Waals surface area contributed by atoms with Gasteiger partial charge in [0, 0.05) is 12.1 Å². The van der Waals surface area contributed by atoms with E-state index in [1.54, 1.807) is 14.0 Å². The summed E-state index contributed by atoms with van der Waals surface area (Å²) < 4.78 is 10.6. The molecule has 1 heterocycles. The Balaban J connectivity index is 1.84. The first-order chi connectivity index (χ1) is 11.1. The minimum atomic E-state index is -0.362. The summed E-state index contributed by atoms with van der Waals surface area (Å²) in [5.41, 5.74) is 2.06. The van der Waals surface area contributed by atoms with Gasteiger partial charge in [-0.3, -0.25) is 9.59 Å². The quantitative estimate of drug-likeness (QED) is 0.946. The van der Waals surface area contributed by atoms with Crippen molar-refractivity contribution in [2.24, 2.45) is 0 Å². The Morgan fingerprint density at radius 2 is 2.13 bits per heavy atom. The Bertz CT molecular complexity index is 794. The monoisotopic (exact) mass is 313 g/mol. The van der Waals surface area contributed by atoms with Gasteiger partial charge in [-0.25, -0.2) is 0 Å². The minimum Gasteiger partial charge on any atom is -0.497 e. The van der Waals surface area contributed by atoms with Crippen molar-refractivity contribution in [1.82, 2.24) is 5.32 Å². The van der Waals surface area contributed by atoms with Crippen molar-refractivity contribution in [3.63, 3.8) is 0 Å². The van der Waals surface area contributed by atoms with E-state index in [4.69, 9.17) is 9.15 Å². The number of nitrogens with one attached hydrogen (secondary N) is 1. The Morgan fingerprint density at radius 3 is 2.87 bits per heavy atom. The van der Waals surface area contributed by atoms with Crippen LogP contribution in [0.25, 0.3) is 0 Å². The van der Waals surface area contributed by atoms with E-state index in [0.717, 1.165) is 30.6 Å². The maximum atomic E-state index is 12.4. The summed E-state index contributed by atoms with van der Waals surface area (Å²) in [6.07, 6.45) is 2.82. The number of rotatable bonds is 3. The average molecular weight is 313 g/mol. The lowest BCUT2D eigenvalue weighted by atomic mass is 9.87. The fourth-order valence-corrected chi connectivity index (χ4v) is 3.01. The first kappa shape index (κ1) is 15.3. The van der Waals surface area contributed by atoms with Gasteiger partial charge >= 0.3 is 0 Å². The van der Waals surface area contributed by atoms with Crippen LogP contribution in [0.1, 0.15) is 46.3 Å². The highest BCUT2D eigenvalue weighted by Crippen LogP contribution is 2.32. The second-order valence-corrected chi connectivity index (χ2v) is 5.75. The average Bonchev–Trinajstić information content (AvgIpc) is 2.53. The highest BCUT2D eigenvalue weighted by Gasteiger charge is 2.23. The molecule has 5 nitrogen and oxygen atoms in total. The van der Waals surface area contributed by atoms with Crippen LogP contribution < -0.4 is 15.5 Å². The summed E-state index contributed by atoms with van der Waals surface area (Å²) in [4.78, 5) is 23.9. The highest BCUT2D eigenvalue weighted by molar-refractivity contribution is 5.91. The van der Waals surface area contributed by atoms with Crippen LogP contribution >= 0.6 is 0 Å². The standard InChI is InChI=1S/C18H19NO4/c1-11-8-13(20)10-17(23-11)18(21)19-16-5-3-4-12-9-14(22-2)6-7-15(12)16/h6-10,16H,3-5H2,1-2H3,(H,19,21)/t16-/m0/s1. The summed E-state index contributed by atoms with van der Waals surface area (Å²) in [6, 6.07) is 8.41. The summed E-state index contributed by atoms with van der Waals surface area (Å²) in [7, 11) is 1.64.